The lowest BCUT2D eigenvalue weighted by atomic mass is 10.0. The summed E-state index contributed by atoms with van der Waals surface area (Å²) in [5.74, 6) is 0. The topological polar surface area (TPSA) is 62.4 Å². The van der Waals surface area contributed by atoms with E-state index in [1.54, 1.807) is 7.05 Å². The second-order valence-electron chi connectivity index (χ2n) is 4.01. The van der Waals surface area contributed by atoms with Crippen LogP contribution in [0.5, 0.6) is 0 Å². The number of nitrogens with zero attached hydrogens (tertiary/aromatic N) is 1. The Morgan fingerprint density at radius 3 is 2.28 bits per heavy atom. The summed E-state index contributed by atoms with van der Waals surface area (Å²) in [6.45, 7) is 1.64. The lowest BCUT2D eigenvalue weighted by molar-refractivity contribution is 0.958. The second kappa shape index (κ2) is 5.91. The van der Waals surface area contributed by atoms with Gasteiger partial charge in [0.05, 0.1) is 5.71 Å². The van der Waals surface area contributed by atoms with E-state index in [0.717, 1.165) is 35.6 Å². The molecular formula is C14H18N4. The van der Waals surface area contributed by atoms with E-state index >= 15 is 0 Å². The lowest BCUT2D eigenvalue weighted by Crippen LogP contribution is -2.15. The van der Waals surface area contributed by atoms with Crippen molar-refractivity contribution in [3.05, 3.63) is 59.6 Å². The van der Waals surface area contributed by atoms with Crippen LogP contribution in [0.15, 0.2) is 64.6 Å². The van der Waals surface area contributed by atoms with Gasteiger partial charge in [-0.3, -0.25) is 4.99 Å². The average Bonchev–Trinajstić information content (AvgIpc) is 2.46. The summed E-state index contributed by atoms with van der Waals surface area (Å²) in [6.07, 6.45) is 13.9. The summed E-state index contributed by atoms with van der Waals surface area (Å²) in [6, 6.07) is 0. The molecule has 4 nitrogen and oxygen atoms in total. The van der Waals surface area contributed by atoms with Crippen molar-refractivity contribution < 1.29 is 0 Å². The minimum absolute atomic E-state index is 0.737. The van der Waals surface area contributed by atoms with Crippen LogP contribution >= 0.6 is 0 Å². The van der Waals surface area contributed by atoms with Gasteiger partial charge in [0, 0.05) is 25.8 Å². The molecule has 2 rings (SSSR count). The van der Waals surface area contributed by atoms with Gasteiger partial charge in [-0.1, -0.05) is 12.2 Å². The Labute approximate surface area is 107 Å². The minimum Gasteiger partial charge on any atom is -0.398 e. The standard InChI is InChI=1S/C14H18N4/c1-16-14(12-4-8-18-9-5-12)10-13(15)11-2-6-17-7-3-11/h2-6,8,10,17-18H,7,9,15H2,1H3. The van der Waals surface area contributed by atoms with E-state index < -0.39 is 0 Å². The maximum atomic E-state index is 6.10. The Morgan fingerprint density at radius 1 is 1.17 bits per heavy atom. The van der Waals surface area contributed by atoms with E-state index in [0.29, 0.717) is 0 Å². The van der Waals surface area contributed by atoms with Crippen LogP contribution in [0.2, 0.25) is 0 Å². The third kappa shape index (κ3) is 2.91. The zero-order valence-corrected chi connectivity index (χ0v) is 10.5. The Morgan fingerprint density at radius 2 is 1.78 bits per heavy atom. The Balaban J connectivity index is 2.19. The summed E-state index contributed by atoms with van der Waals surface area (Å²) >= 11 is 0. The number of hydrogen-bond donors (Lipinski definition) is 3. The maximum Gasteiger partial charge on any atom is 0.0661 e. The monoisotopic (exact) mass is 242 g/mol. The third-order valence-electron chi connectivity index (χ3n) is 2.80. The van der Waals surface area contributed by atoms with Crippen LogP contribution in [0.1, 0.15) is 0 Å². The van der Waals surface area contributed by atoms with Crippen molar-refractivity contribution in [2.24, 2.45) is 10.7 Å². The first kappa shape index (κ1) is 12.2. The zero-order chi connectivity index (χ0) is 12.8. The van der Waals surface area contributed by atoms with E-state index in [4.69, 9.17) is 5.73 Å². The van der Waals surface area contributed by atoms with Crippen molar-refractivity contribution in [1.29, 1.82) is 0 Å². The molecule has 0 aromatic heterocycles. The number of nitrogens with two attached hydrogens (primary N) is 1. The molecule has 0 aromatic rings. The van der Waals surface area contributed by atoms with Crippen LogP contribution < -0.4 is 16.4 Å². The molecule has 0 aromatic carbocycles. The molecule has 2 heterocycles. The van der Waals surface area contributed by atoms with Crippen LogP contribution in [0.3, 0.4) is 0 Å². The molecule has 0 amide bonds. The first-order chi connectivity index (χ1) is 8.81. The number of aliphatic imine (C=N–C) groups is 1. The number of rotatable bonds is 3. The van der Waals surface area contributed by atoms with Gasteiger partial charge < -0.3 is 16.4 Å². The molecule has 4 heteroatoms. The van der Waals surface area contributed by atoms with Crippen LogP contribution in [-0.2, 0) is 0 Å². The van der Waals surface area contributed by atoms with Gasteiger partial charge in [-0.05, 0) is 41.8 Å². The Hall–Kier alpha value is -2.23. The van der Waals surface area contributed by atoms with Crippen LogP contribution in [0.25, 0.3) is 0 Å². The first-order valence-electron chi connectivity index (χ1n) is 5.96. The van der Waals surface area contributed by atoms with Crippen molar-refractivity contribution in [3.8, 4) is 0 Å². The van der Waals surface area contributed by atoms with Gasteiger partial charge in [-0.2, -0.15) is 0 Å². The Bertz CT molecular complexity index is 490. The third-order valence-corrected chi connectivity index (χ3v) is 2.80. The summed E-state index contributed by atoms with van der Waals surface area (Å²) < 4.78 is 0. The average molecular weight is 242 g/mol. The van der Waals surface area contributed by atoms with E-state index in [9.17, 15) is 0 Å². The fourth-order valence-electron chi connectivity index (χ4n) is 1.82. The predicted molar refractivity (Wildman–Crippen MR) is 76.1 cm³/mol. The summed E-state index contributed by atoms with van der Waals surface area (Å²) in [4.78, 5) is 4.29. The SMILES string of the molecule is CN=C(C=C(N)C1=CCNC=C1)C1=CCNC=C1. The minimum atomic E-state index is 0.737. The van der Waals surface area contributed by atoms with Crippen molar-refractivity contribution >= 4 is 5.71 Å². The Kier molecular flexibility index (Phi) is 4.02. The van der Waals surface area contributed by atoms with E-state index in [2.05, 4.69) is 27.8 Å². The molecule has 4 N–H and O–H groups in total. The highest BCUT2D eigenvalue weighted by Crippen LogP contribution is 2.12. The van der Waals surface area contributed by atoms with E-state index in [1.807, 2.05) is 30.6 Å². The van der Waals surface area contributed by atoms with Gasteiger partial charge in [0.1, 0.15) is 0 Å². The van der Waals surface area contributed by atoms with Gasteiger partial charge in [-0.15, -0.1) is 0 Å². The van der Waals surface area contributed by atoms with Crippen molar-refractivity contribution in [1.82, 2.24) is 10.6 Å². The molecule has 94 valence electrons. The van der Waals surface area contributed by atoms with Gasteiger partial charge in [0.15, 0.2) is 0 Å². The molecular weight excluding hydrogens is 224 g/mol. The molecule has 0 radical (unpaired) electrons. The lowest BCUT2D eigenvalue weighted by Gasteiger charge is -2.11. The molecule has 0 saturated carbocycles. The van der Waals surface area contributed by atoms with Crippen molar-refractivity contribution in [2.75, 3.05) is 20.1 Å². The summed E-state index contributed by atoms with van der Waals surface area (Å²) in [5.41, 5.74) is 9.87. The molecule has 0 unspecified atom stereocenters. The molecule has 0 aliphatic carbocycles. The molecule has 2 aliphatic rings. The predicted octanol–water partition coefficient (Wildman–Crippen LogP) is 0.986. The molecule has 0 fully saturated rings. The first-order valence-corrected chi connectivity index (χ1v) is 5.96. The second-order valence-corrected chi connectivity index (χ2v) is 4.01. The normalized spacial score (nSPS) is 19.8. The fraction of sp³-hybridized carbons (Fsp3) is 0.214. The largest absolute Gasteiger partial charge is 0.398 e. The number of dihydropyridines is 2. The highest BCUT2D eigenvalue weighted by Gasteiger charge is 2.06. The van der Waals surface area contributed by atoms with Crippen LogP contribution in [0, 0.1) is 0 Å². The molecule has 0 saturated heterocycles. The van der Waals surface area contributed by atoms with Crippen LogP contribution in [-0.4, -0.2) is 25.8 Å². The van der Waals surface area contributed by atoms with Gasteiger partial charge in [-0.25, -0.2) is 0 Å². The number of nitrogens with one attached hydrogen (secondary N) is 2. The smallest absolute Gasteiger partial charge is 0.0661 e. The maximum absolute atomic E-state index is 6.10. The zero-order valence-electron chi connectivity index (χ0n) is 10.5. The fourth-order valence-corrected chi connectivity index (χ4v) is 1.82. The quantitative estimate of drug-likeness (QED) is 0.647. The number of allylic oxidation sites excluding steroid dienone is 4. The van der Waals surface area contributed by atoms with E-state index in [1.165, 1.54) is 0 Å². The van der Waals surface area contributed by atoms with Gasteiger partial charge >= 0.3 is 0 Å². The van der Waals surface area contributed by atoms with Crippen molar-refractivity contribution in [3.63, 3.8) is 0 Å². The summed E-state index contributed by atoms with van der Waals surface area (Å²) in [5, 5.41) is 6.22. The van der Waals surface area contributed by atoms with Crippen LogP contribution in [0.4, 0.5) is 0 Å². The number of hydrogen-bond acceptors (Lipinski definition) is 4. The molecule has 2 aliphatic heterocycles. The van der Waals surface area contributed by atoms with Gasteiger partial charge in [0.2, 0.25) is 0 Å². The highest BCUT2D eigenvalue weighted by atomic mass is 14.8. The molecule has 0 spiro atoms. The molecule has 0 bridgehead atoms. The molecule has 0 atom stereocenters. The molecule has 18 heavy (non-hydrogen) atoms. The van der Waals surface area contributed by atoms with Gasteiger partial charge in [0.25, 0.3) is 0 Å². The van der Waals surface area contributed by atoms with E-state index in [-0.39, 0.29) is 0 Å². The summed E-state index contributed by atoms with van der Waals surface area (Å²) in [7, 11) is 1.78. The van der Waals surface area contributed by atoms with Crippen molar-refractivity contribution in [2.45, 2.75) is 0 Å². The highest BCUT2D eigenvalue weighted by molar-refractivity contribution is 6.11.